The number of carbonyl (C=O) groups is 3. The lowest BCUT2D eigenvalue weighted by Crippen LogP contribution is -2.54. The van der Waals surface area contributed by atoms with Crippen LogP contribution in [0.5, 0.6) is 11.5 Å². The number of anilines is 1. The van der Waals surface area contributed by atoms with Crippen molar-refractivity contribution >= 4 is 40.0 Å². The number of fused-ring (bicyclic) bond motifs is 2. The third-order valence-corrected chi connectivity index (χ3v) is 16.2. The summed E-state index contributed by atoms with van der Waals surface area (Å²) >= 11 is 0. The molecule has 1 saturated carbocycles. The van der Waals surface area contributed by atoms with E-state index in [2.05, 4.69) is 44.7 Å². The van der Waals surface area contributed by atoms with Crippen molar-refractivity contribution in [3.05, 3.63) is 112 Å². The molecule has 4 aromatic carbocycles. The number of nitrogens with zero attached hydrogens (tertiary/aromatic N) is 5. The van der Waals surface area contributed by atoms with E-state index in [1.807, 2.05) is 49.0 Å². The van der Waals surface area contributed by atoms with E-state index in [0.29, 0.717) is 36.8 Å². The monoisotopic (exact) mass is 970 g/mol. The molecule has 3 amide bonds. The zero-order chi connectivity index (χ0) is 49.7. The second kappa shape index (κ2) is 19.7. The van der Waals surface area contributed by atoms with E-state index in [4.69, 9.17) is 20.3 Å². The molecule has 4 aliphatic heterocycles. The lowest BCUT2D eigenvalue weighted by molar-refractivity contribution is -0.138. The molecule has 5 aliphatic rings. The Morgan fingerprint density at radius 3 is 2.42 bits per heavy atom. The Hall–Kier alpha value is -6.36. The van der Waals surface area contributed by atoms with Crippen molar-refractivity contribution in [1.82, 2.24) is 30.2 Å². The number of aliphatic hydroxyl groups is 1. The number of ether oxygens (including phenoxy) is 2. The normalized spacial score (nSPS) is 24.1. The van der Waals surface area contributed by atoms with Crippen molar-refractivity contribution in [1.29, 1.82) is 0 Å². The fourth-order valence-electron chi connectivity index (χ4n) is 12.0. The maximum atomic E-state index is 16.3. The summed E-state index contributed by atoms with van der Waals surface area (Å²) in [6.45, 7) is 8.78. The molecule has 1 aliphatic carbocycles. The number of aromatic nitrogens is 2. The average Bonchev–Trinajstić information content (AvgIpc) is 3.86. The molecule has 2 saturated heterocycles. The molecular formula is C55H64F2N8O6. The number of aliphatic hydroxyl groups excluding tert-OH is 1. The van der Waals surface area contributed by atoms with E-state index in [9.17, 15) is 19.5 Å². The highest BCUT2D eigenvalue weighted by Gasteiger charge is 2.50. The molecule has 10 rings (SSSR count). The summed E-state index contributed by atoms with van der Waals surface area (Å²) in [5, 5.41) is 22.5. The number of hydrogen-bond donors (Lipinski definition) is 4. The fourth-order valence-corrected chi connectivity index (χ4v) is 12.0. The molecule has 374 valence electrons. The highest BCUT2D eigenvalue weighted by Crippen LogP contribution is 2.55. The number of nitrogens with two attached hydrogens (primary N) is 1. The summed E-state index contributed by atoms with van der Waals surface area (Å²) in [6.07, 6.45) is 7.67. The number of halogens is 2. The second-order valence-corrected chi connectivity index (χ2v) is 20.2. The number of methoxy groups -OCH3 is 1. The minimum atomic E-state index is -1.10. The summed E-state index contributed by atoms with van der Waals surface area (Å²) in [6, 6.07) is 20.4. The van der Waals surface area contributed by atoms with Crippen LogP contribution in [0.3, 0.4) is 0 Å². The standard InChI is InChI=1S/C55H64F2N8O6/c1-32-42(56)29-45-48(47(32)49-41(51(58)67)16-17-44(70-4)50(49)57)33(2)55(71-45,38-8-6-5-7-9-38)31-59-39-13-10-36(11-14-39)53(68)64-25-18-34(19-26-64)30-63-23-20-35(21-24-63)37-12-15-40-43(28-37)62(3)61-52(40)65-27-22-46(66)60-54(65)69/h5-9,12,15-17,20,28-29,33-34,36,39,54,59,69H,10-11,13-14,18-19,21-27,30-31H2,1-4H3,(H2,58,67)(H,60,66). The van der Waals surface area contributed by atoms with Crippen LogP contribution in [0.2, 0.25) is 0 Å². The van der Waals surface area contributed by atoms with Crippen molar-refractivity contribution in [3.63, 3.8) is 0 Å². The van der Waals surface area contributed by atoms with E-state index in [-0.39, 0.29) is 57.5 Å². The van der Waals surface area contributed by atoms with Crippen LogP contribution in [0.4, 0.5) is 14.6 Å². The Bertz CT molecular complexity index is 2890. The molecule has 3 atom stereocenters. The molecule has 1 aromatic heterocycles. The van der Waals surface area contributed by atoms with Gasteiger partial charge in [-0.1, -0.05) is 49.4 Å². The maximum absolute atomic E-state index is 16.3. The van der Waals surface area contributed by atoms with E-state index in [1.165, 1.54) is 36.4 Å². The number of aryl methyl sites for hydroxylation is 1. The van der Waals surface area contributed by atoms with E-state index in [1.54, 1.807) is 11.8 Å². The van der Waals surface area contributed by atoms with Gasteiger partial charge >= 0.3 is 0 Å². The molecule has 0 spiro atoms. The van der Waals surface area contributed by atoms with Crippen LogP contribution in [-0.4, -0.2) is 108 Å². The topological polar surface area (TPSA) is 168 Å². The molecule has 16 heteroatoms. The van der Waals surface area contributed by atoms with Crippen molar-refractivity contribution in [3.8, 4) is 22.6 Å². The molecule has 14 nitrogen and oxygen atoms in total. The van der Waals surface area contributed by atoms with Crippen LogP contribution in [0.15, 0.2) is 72.8 Å². The number of amides is 3. The highest BCUT2D eigenvalue weighted by atomic mass is 19.1. The Kier molecular flexibility index (Phi) is 13.4. The minimum absolute atomic E-state index is 0.0221. The average molecular weight is 971 g/mol. The van der Waals surface area contributed by atoms with Crippen LogP contribution < -0.4 is 30.7 Å². The molecule has 5 aromatic rings. The first-order chi connectivity index (χ1) is 34.2. The predicted molar refractivity (Wildman–Crippen MR) is 268 cm³/mol. The fraction of sp³-hybridized carbons (Fsp3) is 0.455. The maximum Gasteiger partial charge on any atom is 0.249 e. The van der Waals surface area contributed by atoms with E-state index in [0.717, 1.165) is 94.1 Å². The van der Waals surface area contributed by atoms with Crippen molar-refractivity contribution in [2.75, 3.05) is 57.8 Å². The molecule has 0 bridgehead atoms. The number of rotatable bonds is 12. The quantitative estimate of drug-likeness (QED) is 0.101. The largest absolute Gasteiger partial charge is 0.494 e. The highest BCUT2D eigenvalue weighted by molar-refractivity contribution is 6.01. The summed E-state index contributed by atoms with van der Waals surface area (Å²) in [4.78, 5) is 44.9. The number of nitrogens with one attached hydrogen (secondary N) is 2. The number of likely N-dealkylation sites (tertiary alicyclic amines) is 1. The van der Waals surface area contributed by atoms with Gasteiger partial charge in [-0.25, -0.2) is 8.78 Å². The Morgan fingerprint density at radius 2 is 1.73 bits per heavy atom. The first-order valence-corrected chi connectivity index (χ1v) is 25.1. The van der Waals surface area contributed by atoms with Crippen LogP contribution in [0, 0.1) is 30.4 Å². The molecule has 0 radical (unpaired) electrons. The van der Waals surface area contributed by atoms with E-state index < -0.39 is 35.4 Å². The van der Waals surface area contributed by atoms with Crippen LogP contribution in [0.25, 0.3) is 27.6 Å². The predicted octanol–water partition coefficient (Wildman–Crippen LogP) is 7.10. The first-order valence-electron chi connectivity index (χ1n) is 25.1. The lowest BCUT2D eigenvalue weighted by atomic mass is 9.76. The van der Waals surface area contributed by atoms with Crippen molar-refractivity contribution in [2.24, 2.45) is 24.6 Å². The Labute approximate surface area is 413 Å². The number of carbonyl (C=O) groups excluding carboxylic acids is 3. The third-order valence-electron chi connectivity index (χ3n) is 16.2. The molecule has 3 unspecified atom stereocenters. The molecule has 5 heterocycles. The van der Waals surface area contributed by atoms with Crippen LogP contribution in [0.1, 0.15) is 96.8 Å². The number of benzene rings is 4. The number of hydrogen-bond acceptors (Lipinski definition) is 10. The molecular weight excluding hydrogens is 907 g/mol. The summed E-state index contributed by atoms with van der Waals surface area (Å²) < 4.78 is 46.2. The number of primary amides is 1. The lowest BCUT2D eigenvalue weighted by Gasteiger charge is -2.39. The van der Waals surface area contributed by atoms with Gasteiger partial charge in [0, 0.05) is 99.7 Å². The number of piperidine rings is 1. The SMILES string of the molecule is COc1ccc(C(N)=O)c(-c2c(C)c(F)cc3c2C(C)C(CNC2CCC(C(=O)N4CCC(CN5CC=C(c6ccc7c(N8CCC(=O)NC8O)nn(C)c7c6)CC5)CC4)CC2)(c2ccccc2)O3)c1F. The molecule has 3 fully saturated rings. The van der Waals surface area contributed by atoms with Gasteiger partial charge in [0.1, 0.15) is 11.6 Å². The Balaban J connectivity index is 0.737. The molecule has 5 N–H and O–H groups in total. The van der Waals surface area contributed by atoms with Crippen molar-refractivity contribution < 1.29 is 37.7 Å². The van der Waals surface area contributed by atoms with Gasteiger partial charge in [0.25, 0.3) is 0 Å². The summed E-state index contributed by atoms with van der Waals surface area (Å²) in [5.74, 6) is -1.20. The third kappa shape index (κ3) is 9.03. The minimum Gasteiger partial charge on any atom is -0.494 e. The Morgan fingerprint density at radius 1 is 0.972 bits per heavy atom. The van der Waals surface area contributed by atoms with Gasteiger partial charge in [0.15, 0.2) is 23.0 Å². The first kappa shape index (κ1) is 48.3. The van der Waals surface area contributed by atoms with Crippen molar-refractivity contribution in [2.45, 2.75) is 89.1 Å². The van der Waals surface area contributed by atoms with Gasteiger partial charge < -0.3 is 40.7 Å². The van der Waals surface area contributed by atoms with Crippen LogP contribution in [-0.2, 0) is 22.2 Å². The van der Waals surface area contributed by atoms with Gasteiger partial charge in [-0.05, 0) is 110 Å². The zero-order valence-corrected chi connectivity index (χ0v) is 41.0. The molecule has 71 heavy (non-hydrogen) atoms. The van der Waals surface area contributed by atoms with E-state index >= 15 is 8.78 Å². The summed E-state index contributed by atoms with van der Waals surface area (Å²) in [7, 11) is 3.24. The summed E-state index contributed by atoms with van der Waals surface area (Å²) in [5.41, 5.74) is 9.93. The van der Waals surface area contributed by atoms with Gasteiger partial charge in [0.05, 0.1) is 18.2 Å². The van der Waals surface area contributed by atoms with Gasteiger partial charge in [0.2, 0.25) is 24.1 Å². The zero-order valence-electron chi connectivity index (χ0n) is 41.0. The van der Waals surface area contributed by atoms with Gasteiger partial charge in [-0.15, -0.1) is 0 Å². The van der Waals surface area contributed by atoms with Crippen LogP contribution >= 0.6 is 0 Å². The smallest absolute Gasteiger partial charge is 0.249 e. The van der Waals surface area contributed by atoms with Gasteiger partial charge in [-0.3, -0.25) is 24.0 Å². The van der Waals surface area contributed by atoms with Gasteiger partial charge in [-0.2, -0.15) is 5.10 Å². The second-order valence-electron chi connectivity index (χ2n) is 20.2.